The molecule has 1 aromatic rings. The molecule has 0 aliphatic carbocycles. The van der Waals surface area contributed by atoms with E-state index in [9.17, 15) is 0 Å². The number of unbranched alkanes of at least 4 members (excludes halogenated alkanes) is 1. The van der Waals surface area contributed by atoms with Crippen molar-refractivity contribution >= 4 is 0 Å². The fourth-order valence-corrected chi connectivity index (χ4v) is 1.73. The smallest absolute Gasteiger partial charge is 0.105 e. The quantitative estimate of drug-likeness (QED) is 0.336. The minimum absolute atomic E-state index is 0.135. The van der Waals surface area contributed by atoms with Gasteiger partial charge in [-0.3, -0.25) is 11.3 Å². The summed E-state index contributed by atoms with van der Waals surface area (Å²) in [5, 5.41) is 0. The Kier molecular flexibility index (Phi) is 4.41. The Hall–Kier alpha value is -1.24. The minimum atomic E-state index is 0.135. The van der Waals surface area contributed by atoms with Gasteiger partial charge in [-0.2, -0.15) is 0 Å². The highest BCUT2D eigenvalue weighted by molar-refractivity contribution is 5.23. The van der Waals surface area contributed by atoms with Crippen LogP contribution in [0, 0.1) is 26.2 Å². The average Bonchev–Trinajstić information content (AvgIpc) is 2.53. The lowest BCUT2D eigenvalue weighted by Gasteiger charge is -2.14. The van der Waals surface area contributed by atoms with Gasteiger partial charge in [0.2, 0.25) is 0 Å². The van der Waals surface area contributed by atoms with Gasteiger partial charge in [0.05, 0.1) is 0 Å². The van der Waals surface area contributed by atoms with E-state index < -0.39 is 0 Å². The molecule has 3 N–H and O–H groups in total. The molecule has 1 rings (SSSR count). The molecular formula is C12H18N2O. The lowest BCUT2D eigenvalue weighted by atomic mass is 10.0. The molecule has 0 aliphatic heterocycles. The second-order valence-electron chi connectivity index (χ2n) is 3.68. The molecule has 1 atom stereocenters. The third-order valence-corrected chi connectivity index (χ3v) is 2.47. The molecule has 0 fully saturated rings. The number of hydrogen-bond acceptors (Lipinski definition) is 3. The van der Waals surface area contributed by atoms with E-state index in [4.69, 9.17) is 16.7 Å². The van der Waals surface area contributed by atoms with Crippen molar-refractivity contribution in [3.05, 3.63) is 23.2 Å². The third kappa shape index (κ3) is 3.12. The number of nitrogens with two attached hydrogens (primary N) is 1. The topological polar surface area (TPSA) is 51.2 Å². The van der Waals surface area contributed by atoms with E-state index in [1.165, 1.54) is 0 Å². The van der Waals surface area contributed by atoms with Crippen LogP contribution in [0.1, 0.15) is 42.4 Å². The predicted octanol–water partition coefficient (Wildman–Crippen LogP) is 2.20. The van der Waals surface area contributed by atoms with E-state index in [0.717, 1.165) is 36.3 Å². The van der Waals surface area contributed by atoms with E-state index in [1.54, 1.807) is 0 Å². The van der Waals surface area contributed by atoms with Gasteiger partial charge < -0.3 is 4.42 Å². The van der Waals surface area contributed by atoms with Crippen molar-refractivity contribution in [2.75, 3.05) is 0 Å². The monoisotopic (exact) mass is 206 g/mol. The number of hydrogen-bond donors (Lipinski definition) is 2. The van der Waals surface area contributed by atoms with E-state index >= 15 is 0 Å². The lowest BCUT2D eigenvalue weighted by Crippen LogP contribution is -2.28. The highest BCUT2D eigenvalue weighted by Crippen LogP contribution is 2.24. The highest BCUT2D eigenvalue weighted by atomic mass is 16.3. The van der Waals surface area contributed by atoms with Crippen LogP contribution in [-0.4, -0.2) is 0 Å². The number of terminal acetylenes is 1. The summed E-state index contributed by atoms with van der Waals surface area (Å²) >= 11 is 0. The summed E-state index contributed by atoms with van der Waals surface area (Å²) in [4.78, 5) is 0. The van der Waals surface area contributed by atoms with Crippen LogP contribution in [0.2, 0.25) is 0 Å². The van der Waals surface area contributed by atoms with Crippen LogP contribution in [-0.2, 0) is 0 Å². The molecule has 1 heterocycles. The molecule has 15 heavy (non-hydrogen) atoms. The molecule has 1 aromatic heterocycles. The van der Waals surface area contributed by atoms with Crippen LogP contribution in [0.3, 0.4) is 0 Å². The van der Waals surface area contributed by atoms with Crippen LogP contribution in [0.25, 0.3) is 0 Å². The van der Waals surface area contributed by atoms with Crippen LogP contribution < -0.4 is 11.3 Å². The van der Waals surface area contributed by atoms with Gasteiger partial charge in [0.1, 0.15) is 11.5 Å². The summed E-state index contributed by atoms with van der Waals surface area (Å²) in [5.74, 6) is 9.99. The molecule has 0 bridgehead atoms. The second-order valence-corrected chi connectivity index (χ2v) is 3.68. The van der Waals surface area contributed by atoms with E-state index in [2.05, 4.69) is 11.3 Å². The van der Waals surface area contributed by atoms with Crippen LogP contribution >= 0.6 is 0 Å². The van der Waals surface area contributed by atoms with Gasteiger partial charge in [-0.15, -0.1) is 12.3 Å². The molecule has 82 valence electrons. The lowest BCUT2D eigenvalue weighted by molar-refractivity contribution is 0.469. The fraction of sp³-hybridized carbons (Fsp3) is 0.500. The maximum absolute atomic E-state index is 5.52. The zero-order chi connectivity index (χ0) is 11.3. The van der Waals surface area contributed by atoms with Crippen molar-refractivity contribution in [1.29, 1.82) is 0 Å². The normalized spacial score (nSPS) is 12.4. The van der Waals surface area contributed by atoms with E-state index in [0.29, 0.717) is 0 Å². The van der Waals surface area contributed by atoms with E-state index in [1.807, 2.05) is 19.9 Å². The molecule has 1 unspecified atom stereocenters. The Morgan fingerprint density at radius 3 is 2.80 bits per heavy atom. The zero-order valence-corrected chi connectivity index (χ0v) is 9.34. The summed E-state index contributed by atoms with van der Waals surface area (Å²) in [5.41, 5.74) is 3.93. The first-order chi connectivity index (χ1) is 7.19. The molecule has 0 saturated carbocycles. The standard InChI is InChI=1S/C12H18N2O/c1-4-5-6-7-12(14-13)11-8-9(2)15-10(11)3/h1,8,12,14H,5-7,13H2,2-3H3. The molecular weight excluding hydrogens is 188 g/mol. The van der Waals surface area contributed by atoms with Gasteiger partial charge in [-0.1, -0.05) is 0 Å². The number of aryl methyl sites for hydroxylation is 2. The maximum Gasteiger partial charge on any atom is 0.105 e. The Morgan fingerprint density at radius 1 is 1.60 bits per heavy atom. The molecule has 3 heteroatoms. The number of hydrazine groups is 1. The maximum atomic E-state index is 5.52. The molecule has 3 nitrogen and oxygen atoms in total. The van der Waals surface area contributed by atoms with E-state index in [-0.39, 0.29) is 6.04 Å². The van der Waals surface area contributed by atoms with Gasteiger partial charge in [0.25, 0.3) is 0 Å². The first-order valence-electron chi connectivity index (χ1n) is 5.15. The first-order valence-corrected chi connectivity index (χ1v) is 5.15. The van der Waals surface area contributed by atoms with Gasteiger partial charge in [0, 0.05) is 18.0 Å². The molecule has 0 aliphatic rings. The van der Waals surface area contributed by atoms with Crippen molar-refractivity contribution in [3.63, 3.8) is 0 Å². The Morgan fingerprint density at radius 2 is 2.33 bits per heavy atom. The zero-order valence-electron chi connectivity index (χ0n) is 9.34. The summed E-state index contributed by atoms with van der Waals surface area (Å²) in [6.45, 7) is 3.89. The van der Waals surface area contributed by atoms with Crippen LogP contribution in [0.15, 0.2) is 10.5 Å². The third-order valence-electron chi connectivity index (χ3n) is 2.47. The van der Waals surface area contributed by atoms with Gasteiger partial charge in [0.15, 0.2) is 0 Å². The fourth-order valence-electron chi connectivity index (χ4n) is 1.73. The summed E-state index contributed by atoms with van der Waals surface area (Å²) in [6, 6.07) is 2.16. The van der Waals surface area contributed by atoms with Crippen molar-refractivity contribution in [3.8, 4) is 12.3 Å². The Labute approximate surface area is 91.0 Å². The second kappa shape index (κ2) is 5.59. The highest BCUT2D eigenvalue weighted by Gasteiger charge is 2.15. The Balaban J connectivity index is 2.66. The minimum Gasteiger partial charge on any atom is -0.466 e. The number of furan rings is 1. The average molecular weight is 206 g/mol. The summed E-state index contributed by atoms with van der Waals surface area (Å²) in [7, 11) is 0. The number of rotatable bonds is 5. The van der Waals surface area contributed by atoms with Crippen LogP contribution in [0.5, 0.6) is 0 Å². The van der Waals surface area contributed by atoms with Crippen molar-refractivity contribution in [1.82, 2.24) is 5.43 Å². The molecule has 0 spiro atoms. The summed E-state index contributed by atoms with van der Waals surface area (Å²) < 4.78 is 5.47. The van der Waals surface area contributed by atoms with Gasteiger partial charge in [-0.25, -0.2) is 0 Å². The largest absolute Gasteiger partial charge is 0.466 e. The van der Waals surface area contributed by atoms with Crippen LogP contribution in [0.4, 0.5) is 0 Å². The number of nitrogens with one attached hydrogen (secondary N) is 1. The SMILES string of the molecule is C#CCCCC(NN)c1cc(C)oc1C. The van der Waals surface area contributed by atoms with Crippen molar-refractivity contribution in [2.45, 2.75) is 39.2 Å². The summed E-state index contributed by atoms with van der Waals surface area (Å²) in [6.07, 6.45) is 7.89. The van der Waals surface area contributed by atoms with Crippen molar-refractivity contribution < 1.29 is 4.42 Å². The van der Waals surface area contributed by atoms with Crippen molar-refractivity contribution in [2.24, 2.45) is 5.84 Å². The molecule has 0 radical (unpaired) electrons. The molecule has 0 aromatic carbocycles. The Bertz CT molecular complexity index is 349. The van der Waals surface area contributed by atoms with Gasteiger partial charge >= 0.3 is 0 Å². The molecule has 0 saturated heterocycles. The first kappa shape index (κ1) is 11.8. The van der Waals surface area contributed by atoms with Gasteiger partial charge in [-0.05, 0) is 32.8 Å². The predicted molar refractivity (Wildman–Crippen MR) is 60.9 cm³/mol. The molecule has 0 amide bonds.